The second kappa shape index (κ2) is 4.70. The van der Waals surface area contributed by atoms with Crippen LogP contribution in [0.4, 0.5) is 5.69 Å². The van der Waals surface area contributed by atoms with Gasteiger partial charge in [-0.1, -0.05) is 56.2 Å². The van der Waals surface area contributed by atoms with Crippen LogP contribution in [0.5, 0.6) is 0 Å². The zero-order chi connectivity index (χ0) is 15.3. The molecule has 2 atom stereocenters. The lowest BCUT2D eigenvalue weighted by Crippen LogP contribution is -2.40. The Morgan fingerprint density at radius 1 is 1.09 bits per heavy atom. The first-order valence-electron chi connectivity index (χ1n) is 8.22. The molecule has 0 bridgehead atoms. The zero-order valence-electron chi connectivity index (χ0n) is 13.2. The highest BCUT2D eigenvalue weighted by atomic mass is 16.2. The summed E-state index contributed by atoms with van der Waals surface area (Å²) in [5.74, 6) is 0.542. The summed E-state index contributed by atoms with van der Waals surface area (Å²) >= 11 is 0. The van der Waals surface area contributed by atoms with Crippen molar-refractivity contribution in [3.05, 3.63) is 65.2 Å². The van der Waals surface area contributed by atoms with E-state index in [9.17, 15) is 4.79 Å². The number of unbranched alkanes of at least 4 members (excludes halogenated alkanes) is 1. The minimum atomic E-state index is -0.230. The van der Waals surface area contributed by atoms with Crippen LogP contribution in [-0.2, 0) is 5.54 Å². The normalized spacial score (nSPS) is 25.1. The predicted molar refractivity (Wildman–Crippen MR) is 89.3 cm³/mol. The number of carbonyl (C=O) groups is 1. The van der Waals surface area contributed by atoms with Gasteiger partial charge < -0.3 is 0 Å². The van der Waals surface area contributed by atoms with Crippen LogP contribution in [-0.4, -0.2) is 5.91 Å². The number of para-hydroxylation sites is 1. The van der Waals surface area contributed by atoms with E-state index < -0.39 is 0 Å². The van der Waals surface area contributed by atoms with Gasteiger partial charge in [-0.25, -0.2) is 0 Å². The largest absolute Gasteiger partial charge is 0.297 e. The van der Waals surface area contributed by atoms with Crippen LogP contribution in [0.3, 0.4) is 0 Å². The highest BCUT2D eigenvalue weighted by Gasteiger charge is 2.56. The van der Waals surface area contributed by atoms with Crippen LogP contribution >= 0.6 is 0 Å². The lowest BCUT2D eigenvalue weighted by Gasteiger charge is -2.34. The number of rotatable bonds is 3. The molecule has 22 heavy (non-hydrogen) atoms. The minimum absolute atomic E-state index is 0.157. The average Bonchev–Trinajstić information content (AvgIpc) is 2.93. The summed E-state index contributed by atoms with van der Waals surface area (Å²) < 4.78 is 0. The molecule has 1 amide bonds. The third-order valence-electron chi connectivity index (χ3n) is 5.45. The summed E-state index contributed by atoms with van der Waals surface area (Å²) in [5, 5.41) is 0. The van der Waals surface area contributed by atoms with E-state index in [1.54, 1.807) is 0 Å². The molecule has 2 heterocycles. The molecule has 2 aliphatic rings. The van der Waals surface area contributed by atoms with Crippen LogP contribution in [0.2, 0.25) is 0 Å². The van der Waals surface area contributed by atoms with Gasteiger partial charge in [0, 0.05) is 17.2 Å². The standard InChI is InChI=1S/C20H21NO/c1-3-4-11-16-14-9-6-8-13-18(14)21-19(22)15-10-5-7-12-17(15)20(16,21)2/h5-10,12-13,16H,3-4,11H2,1-2H3/t16-,20+/m0/s1. The Kier molecular flexibility index (Phi) is 2.90. The SMILES string of the molecule is CCCC[C@H]1c2ccccc2N2C(=O)c3ccccc3[C@@]12C. The smallest absolute Gasteiger partial charge is 0.259 e. The molecule has 0 spiro atoms. The molecule has 0 fully saturated rings. The van der Waals surface area contributed by atoms with E-state index in [0.717, 1.165) is 17.7 Å². The van der Waals surface area contributed by atoms with Gasteiger partial charge >= 0.3 is 0 Å². The topological polar surface area (TPSA) is 20.3 Å². The van der Waals surface area contributed by atoms with Crippen molar-refractivity contribution in [3.63, 3.8) is 0 Å². The van der Waals surface area contributed by atoms with E-state index in [0.29, 0.717) is 5.92 Å². The van der Waals surface area contributed by atoms with E-state index in [1.807, 2.05) is 23.1 Å². The van der Waals surface area contributed by atoms with Gasteiger partial charge in [-0.05, 0) is 36.6 Å². The molecule has 0 radical (unpaired) electrons. The van der Waals surface area contributed by atoms with Crippen molar-refractivity contribution < 1.29 is 4.79 Å². The van der Waals surface area contributed by atoms with E-state index >= 15 is 0 Å². The molecule has 2 nitrogen and oxygen atoms in total. The predicted octanol–water partition coefficient (Wildman–Crippen LogP) is 4.85. The van der Waals surface area contributed by atoms with E-state index in [1.165, 1.54) is 24.0 Å². The van der Waals surface area contributed by atoms with Gasteiger partial charge in [0.15, 0.2) is 0 Å². The lowest BCUT2D eigenvalue weighted by molar-refractivity contribution is 0.0979. The van der Waals surface area contributed by atoms with Gasteiger partial charge in [0.05, 0.1) is 5.54 Å². The van der Waals surface area contributed by atoms with Gasteiger partial charge in [-0.3, -0.25) is 9.69 Å². The zero-order valence-corrected chi connectivity index (χ0v) is 13.2. The molecular formula is C20H21NO. The number of anilines is 1. The fourth-order valence-electron chi connectivity index (χ4n) is 4.40. The fourth-order valence-corrected chi connectivity index (χ4v) is 4.40. The summed E-state index contributed by atoms with van der Waals surface area (Å²) in [7, 11) is 0. The molecule has 112 valence electrons. The van der Waals surface area contributed by atoms with Crippen molar-refractivity contribution in [2.45, 2.75) is 44.6 Å². The molecule has 4 rings (SSSR count). The first-order valence-corrected chi connectivity index (χ1v) is 8.22. The molecule has 2 aromatic carbocycles. The summed E-state index contributed by atoms with van der Waals surface area (Å²) in [6, 6.07) is 16.6. The molecule has 0 N–H and O–H groups in total. The Bertz CT molecular complexity index is 751. The third-order valence-corrected chi connectivity index (χ3v) is 5.45. The molecule has 0 saturated heterocycles. The second-order valence-electron chi connectivity index (χ2n) is 6.59. The third kappa shape index (κ3) is 1.53. The number of fused-ring (bicyclic) bond motifs is 5. The van der Waals surface area contributed by atoms with Gasteiger partial charge in [0.25, 0.3) is 5.91 Å². The van der Waals surface area contributed by atoms with Crippen molar-refractivity contribution >= 4 is 11.6 Å². The van der Waals surface area contributed by atoms with Crippen molar-refractivity contribution in [1.82, 2.24) is 0 Å². The maximum absolute atomic E-state index is 13.0. The highest BCUT2D eigenvalue weighted by molar-refractivity contribution is 6.13. The van der Waals surface area contributed by atoms with Gasteiger partial charge in [-0.15, -0.1) is 0 Å². The molecular weight excluding hydrogens is 270 g/mol. The molecule has 2 aromatic rings. The highest BCUT2D eigenvalue weighted by Crippen LogP contribution is 2.58. The van der Waals surface area contributed by atoms with Crippen molar-refractivity contribution in [2.24, 2.45) is 0 Å². The van der Waals surface area contributed by atoms with E-state index in [2.05, 4.69) is 44.2 Å². The Balaban J connectivity index is 1.94. The molecule has 0 unspecified atom stereocenters. The van der Waals surface area contributed by atoms with Crippen LogP contribution in [0, 0.1) is 0 Å². The van der Waals surface area contributed by atoms with Gasteiger partial charge in [0.2, 0.25) is 0 Å². The van der Waals surface area contributed by atoms with Crippen molar-refractivity contribution in [1.29, 1.82) is 0 Å². The first kappa shape index (κ1) is 13.6. The number of benzene rings is 2. The second-order valence-corrected chi connectivity index (χ2v) is 6.59. The molecule has 0 aromatic heterocycles. The monoisotopic (exact) mass is 291 g/mol. The Morgan fingerprint density at radius 3 is 2.64 bits per heavy atom. The molecule has 0 saturated carbocycles. The molecule has 2 heteroatoms. The van der Waals surface area contributed by atoms with E-state index in [-0.39, 0.29) is 11.4 Å². The summed E-state index contributed by atoms with van der Waals surface area (Å²) in [5.41, 5.74) is 4.28. The maximum Gasteiger partial charge on any atom is 0.259 e. The lowest BCUT2D eigenvalue weighted by atomic mass is 9.76. The number of amides is 1. The molecule has 2 aliphatic heterocycles. The fraction of sp³-hybridized carbons (Fsp3) is 0.350. The average molecular weight is 291 g/mol. The summed E-state index contributed by atoms with van der Waals surface area (Å²) in [6.45, 7) is 4.48. The van der Waals surface area contributed by atoms with Crippen molar-refractivity contribution in [2.75, 3.05) is 4.90 Å². The van der Waals surface area contributed by atoms with Crippen LogP contribution in [0.1, 0.15) is 60.5 Å². The van der Waals surface area contributed by atoms with E-state index in [4.69, 9.17) is 0 Å². The summed E-state index contributed by atoms with van der Waals surface area (Å²) in [4.78, 5) is 15.0. The van der Waals surface area contributed by atoms with Crippen LogP contribution in [0.25, 0.3) is 0 Å². The Hall–Kier alpha value is -2.09. The maximum atomic E-state index is 13.0. The number of hydrogen-bond donors (Lipinski definition) is 0. The Morgan fingerprint density at radius 2 is 1.82 bits per heavy atom. The van der Waals surface area contributed by atoms with Crippen LogP contribution in [0.15, 0.2) is 48.5 Å². The number of carbonyl (C=O) groups excluding carboxylic acids is 1. The summed E-state index contributed by atoms with van der Waals surface area (Å²) in [6.07, 6.45) is 3.51. The van der Waals surface area contributed by atoms with Crippen LogP contribution < -0.4 is 4.90 Å². The molecule has 0 aliphatic carbocycles. The minimum Gasteiger partial charge on any atom is -0.297 e. The Labute approximate surface area is 131 Å². The van der Waals surface area contributed by atoms with Gasteiger partial charge in [0.1, 0.15) is 0 Å². The number of nitrogens with zero attached hydrogens (tertiary/aromatic N) is 1. The quantitative estimate of drug-likeness (QED) is 0.791. The van der Waals surface area contributed by atoms with Crippen molar-refractivity contribution in [3.8, 4) is 0 Å². The first-order chi connectivity index (χ1) is 10.7. The number of hydrogen-bond acceptors (Lipinski definition) is 1. The van der Waals surface area contributed by atoms with Gasteiger partial charge in [-0.2, -0.15) is 0 Å².